The average Bonchev–Trinajstić information content (AvgIpc) is 2.39. The smallest absolute Gasteiger partial charge is 0.340 e. The first-order valence-corrected chi connectivity index (χ1v) is 7.27. The number of benzene rings is 1. The van der Waals surface area contributed by atoms with Gasteiger partial charge in [-0.3, -0.25) is 0 Å². The first-order chi connectivity index (χ1) is 9.79. The molecule has 0 aliphatic rings. The van der Waals surface area contributed by atoms with Gasteiger partial charge in [-0.2, -0.15) is 13.2 Å². The summed E-state index contributed by atoms with van der Waals surface area (Å²) in [6.45, 7) is 1.96. The number of nitrogens with one attached hydrogen (secondary N) is 1. The summed E-state index contributed by atoms with van der Waals surface area (Å²) in [6.07, 6.45) is -3.73. The lowest BCUT2D eigenvalue weighted by molar-refractivity contribution is -0.137. The van der Waals surface area contributed by atoms with E-state index in [1.807, 2.05) is 13.0 Å². The minimum Gasteiger partial charge on any atom is -0.340 e. The van der Waals surface area contributed by atoms with Gasteiger partial charge in [-0.15, -0.1) is 0 Å². The van der Waals surface area contributed by atoms with Gasteiger partial charge in [-0.1, -0.05) is 34.5 Å². The van der Waals surface area contributed by atoms with E-state index < -0.39 is 11.7 Å². The van der Waals surface area contributed by atoms with Crippen LogP contribution in [0.1, 0.15) is 18.1 Å². The van der Waals surface area contributed by atoms with Crippen molar-refractivity contribution >= 4 is 39.0 Å². The van der Waals surface area contributed by atoms with Crippen molar-refractivity contribution in [1.29, 1.82) is 0 Å². The van der Waals surface area contributed by atoms with Gasteiger partial charge in [0.2, 0.25) is 0 Å². The summed E-state index contributed by atoms with van der Waals surface area (Å²) in [5.41, 5.74) is 0.823. The van der Waals surface area contributed by atoms with Gasteiger partial charge in [0.25, 0.3) is 0 Å². The van der Waals surface area contributed by atoms with Crippen LogP contribution in [0.2, 0.25) is 5.15 Å². The number of alkyl halides is 3. The Kier molecular flexibility index (Phi) is 4.78. The monoisotopic (exact) mass is 378 g/mol. The first-order valence-electron chi connectivity index (χ1n) is 6.10. The normalized spacial score (nSPS) is 11.5. The van der Waals surface area contributed by atoms with Crippen LogP contribution in [0, 0.1) is 0 Å². The van der Waals surface area contributed by atoms with Crippen LogP contribution in [0.15, 0.2) is 34.8 Å². The van der Waals surface area contributed by atoms with E-state index in [-0.39, 0.29) is 11.0 Å². The van der Waals surface area contributed by atoms with Crippen molar-refractivity contribution in [3.05, 3.63) is 51.1 Å². The van der Waals surface area contributed by atoms with Crippen LogP contribution >= 0.6 is 27.5 Å². The summed E-state index contributed by atoms with van der Waals surface area (Å²) in [5, 5.41) is 2.68. The summed E-state index contributed by atoms with van der Waals surface area (Å²) in [4.78, 5) is 3.88. The molecule has 0 aliphatic carbocycles. The molecule has 1 heterocycles. The van der Waals surface area contributed by atoms with Gasteiger partial charge >= 0.3 is 6.18 Å². The molecule has 1 aromatic heterocycles. The molecular weight excluding hydrogens is 369 g/mol. The number of halogens is 5. The highest BCUT2D eigenvalue weighted by Gasteiger charge is 2.31. The standard InChI is InChI=1S/C14H11BrClF3N2/c1-2-8-5-10(15)3-4-11(8)20-13-7-9(14(17,18)19)6-12(16)21-13/h3-7H,2H2,1H3,(H,20,21). The lowest BCUT2D eigenvalue weighted by atomic mass is 10.1. The number of aryl methyl sites for hydroxylation is 1. The Morgan fingerprint density at radius 2 is 1.95 bits per heavy atom. The molecule has 1 N–H and O–H groups in total. The molecule has 0 unspecified atom stereocenters. The Bertz CT molecular complexity index is 659. The van der Waals surface area contributed by atoms with Gasteiger partial charge in [0.05, 0.1) is 5.56 Å². The van der Waals surface area contributed by atoms with E-state index >= 15 is 0 Å². The van der Waals surface area contributed by atoms with E-state index in [4.69, 9.17) is 11.6 Å². The molecule has 2 rings (SSSR count). The minimum absolute atomic E-state index is 0.0619. The topological polar surface area (TPSA) is 24.9 Å². The lowest BCUT2D eigenvalue weighted by Crippen LogP contribution is -2.07. The Morgan fingerprint density at radius 3 is 2.57 bits per heavy atom. The van der Waals surface area contributed by atoms with E-state index in [0.717, 1.165) is 28.6 Å². The molecule has 0 saturated carbocycles. The zero-order valence-corrected chi connectivity index (χ0v) is 13.3. The van der Waals surface area contributed by atoms with Crippen molar-refractivity contribution in [1.82, 2.24) is 4.98 Å². The molecule has 0 saturated heterocycles. The first kappa shape index (κ1) is 16.1. The predicted octanol–water partition coefficient (Wildman–Crippen LogP) is 5.82. The Labute approximate surface area is 133 Å². The summed E-state index contributed by atoms with van der Waals surface area (Å²) in [7, 11) is 0. The van der Waals surface area contributed by atoms with Crippen LogP contribution in [0.5, 0.6) is 0 Å². The molecule has 0 aliphatic heterocycles. The van der Waals surface area contributed by atoms with E-state index in [1.54, 1.807) is 12.1 Å². The van der Waals surface area contributed by atoms with Crippen LogP contribution in [0.3, 0.4) is 0 Å². The van der Waals surface area contributed by atoms with Crippen LogP contribution in [0.25, 0.3) is 0 Å². The lowest BCUT2D eigenvalue weighted by Gasteiger charge is -2.13. The molecule has 0 radical (unpaired) electrons. The van der Waals surface area contributed by atoms with E-state index in [9.17, 15) is 13.2 Å². The molecule has 0 spiro atoms. The molecule has 0 atom stereocenters. The molecule has 2 nitrogen and oxygen atoms in total. The molecule has 1 aromatic carbocycles. The molecule has 0 fully saturated rings. The number of aromatic nitrogens is 1. The SMILES string of the molecule is CCc1cc(Br)ccc1Nc1cc(C(F)(F)F)cc(Cl)n1. The third-order valence-corrected chi connectivity index (χ3v) is 3.52. The van der Waals surface area contributed by atoms with Gasteiger partial charge in [0.15, 0.2) is 0 Å². The molecule has 0 bridgehead atoms. The van der Waals surface area contributed by atoms with Crippen molar-refractivity contribution in [2.75, 3.05) is 5.32 Å². The van der Waals surface area contributed by atoms with Gasteiger partial charge < -0.3 is 5.32 Å². The second-order valence-electron chi connectivity index (χ2n) is 4.34. The fourth-order valence-corrected chi connectivity index (χ4v) is 2.46. The Balaban J connectivity index is 2.38. The largest absolute Gasteiger partial charge is 0.416 e. The number of nitrogens with zero attached hydrogens (tertiary/aromatic N) is 1. The minimum atomic E-state index is -4.46. The van der Waals surface area contributed by atoms with Crippen molar-refractivity contribution in [2.24, 2.45) is 0 Å². The number of pyridine rings is 1. The third-order valence-electron chi connectivity index (χ3n) is 2.83. The molecular formula is C14H11BrClF3N2. The van der Waals surface area contributed by atoms with Gasteiger partial charge in [0.1, 0.15) is 11.0 Å². The zero-order valence-electron chi connectivity index (χ0n) is 10.9. The number of rotatable bonds is 3. The molecule has 112 valence electrons. The van der Waals surface area contributed by atoms with Gasteiger partial charge in [-0.05, 0) is 42.3 Å². The average molecular weight is 380 g/mol. The predicted molar refractivity (Wildman–Crippen MR) is 81.1 cm³/mol. The molecule has 0 amide bonds. The summed E-state index contributed by atoms with van der Waals surface area (Å²) >= 11 is 9.02. The van der Waals surface area contributed by atoms with E-state index in [1.165, 1.54) is 0 Å². The van der Waals surface area contributed by atoms with Crippen molar-refractivity contribution in [3.8, 4) is 0 Å². The van der Waals surface area contributed by atoms with Crippen molar-refractivity contribution < 1.29 is 13.2 Å². The number of hydrogen-bond donors (Lipinski definition) is 1. The summed E-state index contributed by atoms with van der Waals surface area (Å²) < 4.78 is 39.2. The third kappa shape index (κ3) is 4.11. The maximum Gasteiger partial charge on any atom is 0.416 e. The zero-order chi connectivity index (χ0) is 15.6. The highest BCUT2D eigenvalue weighted by molar-refractivity contribution is 9.10. The van der Waals surface area contributed by atoms with Crippen LogP contribution in [0.4, 0.5) is 24.7 Å². The highest BCUT2D eigenvalue weighted by Crippen LogP contribution is 2.33. The van der Waals surface area contributed by atoms with Gasteiger partial charge in [-0.25, -0.2) is 4.98 Å². The number of hydrogen-bond acceptors (Lipinski definition) is 2. The Hall–Kier alpha value is -1.27. The maximum atomic E-state index is 12.8. The van der Waals surface area contributed by atoms with Crippen LogP contribution < -0.4 is 5.32 Å². The molecule has 7 heteroatoms. The second-order valence-corrected chi connectivity index (χ2v) is 5.64. The second kappa shape index (κ2) is 6.23. The highest BCUT2D eigenvalue weighted by atomic mass is 79.9. The maximum absolute atomic E-state index is 12.8. The Morgan fingerprint density at radius 1 is 1.24 bits per heavy atom. The van der Waals surface area contributed by atoms with E-state index in [2.05, 4.69) is 26.2 Å². The fourth-order valence-electron chi connectivity index (χ4n) is 1.84. The fraction of sp³-hybridized carbons (Fsp3) is 0.214. The van der Waals surface area contributed by atoms with Crippen molar-refractivity contribution in [2.45, 2.75) is 19.5 Å². The van der Waals surface area contributed by atoms with Gasteiger partial charge in [0, 0.05) is 10.2 Å². The molecule has 2 aromatic rings. The number of anilines is 2. The van der Waals surface area contributed by atoms with Crippen LogP contribution in [-0.4, -0.2) is 4.98 Å². The summed E-state index contributed by atoms with van der Waals surface area (Å²) in [6, 6.07) is 7.22. The van der Waals surface area contributed by atoms with E-state index in [0.29, 0.717) is 5.69 Å². The molecule has 21 heavy (non-hydrogen) atoms. The van der Waals surface area contributed by atoms with Crippen LogP contribution in [-0.2, 0) is 12.6 Å². The summed E-state index contributed by atoms with van der Waals surface area (Å²) in [5.74, 6) is 0.0619. The quantitative estimate of drug-likeness (QED) is 0.679. The van der Waals surface area contributed by atoms with Crippen molar-refractivity contribution in [3.63, 3.8) is 0 Å².